The molecule has 0 spiro atoms. The average molecular weight is 530 g/mol. The molecule has 0 aromatic heterocycles. The Bertz CT molecular complexity index is 1190. The predicted octanol–water partition coefficient (Wildman–Crippen LogP) is 3.16. The quantitative estimate of drug-likeness (QED) is 0.266. The lowest BCUT2D eigenvalue weighted by Crippen LogP contribution is -2.73. The summed E-state index contributed by atoms with van der Waals surface area (Å²) in [5.41, 5.74) is 0.0798. The number of amides is 2. The molecule has 36 heavy (non-hydrogen) atoms. The molecule has 190 valence electrons. The highest BCUT2D eigenvalue weighted by Crippen LogP contribution is 2.54. The number of fused-ring (bicyclic) bond motifs is 1. The van der Waals surface area contributed by atoms with Crippen molar-refractivity contribution in [2.24, 2.45) is 0 Å². The van der Waals surface area contributed by atoms with Crippen LogP contribution in [0.4, 0.5) is 0 Å². The van der Waals surface area contributed by atoms with Crippen LogP contribution < -0.4 is 14.8 Å². The molecule has 3 heterocycles. The number of ether oxygens (including phenoxy) is 2. The normalized spacial score (nSPS) is 30.7. The van der Waals surface area contributed by atoms with Crippen LogP contribution in [-0.4, -0.2) is 68.4 Å². The molecule has 3 fully saturated rings. The number of methoxy groups -OCH3 is 1. The van der Waals surface area contributed by atoms with Crippen LogP contribution in [0.15, 0.2) is 54.6 Å². The first-order valence-electron chi connectivity index (χ1n) is 11.7. The summed E-state index contributed by atoms with van der Waals surface area (Å²) < 4.78 is 10.0. The highest BCUT2D eigenvalue weighted by molar-refractivity contribution is 8.01. The van der Waals surface area contributed by atoms with Crippen LogP contribution in [0, 0.1) is 0 Å². The van der Waals surface area contributed by atoms with Gasteiger partial charge in [0.1, 0.15) is 35.0 Å². The molecule has 2 amide bonds. The summed E-state index contributed by atoms with van der Waals surface area (Å²) >= 11 is 7.80. The van der Waals surface area contributed by atoms with Gasteiger partial charge in [-0.2, -0.15) is 0 Å². The first-order valence-corrected chi connectivity index (χ1v) is 13.1. The second-order valence-electron chi connectivity index (χ2n) is 9.90. The molecule has 2 aromatic carbocycles. The molecule has 0 radical (unpaired) electrons. The van der Waals surface area contributed by atoms with Gasteiger partial charge in [0.2, 0.25) is 11.8 Å². The van der Waals surface area contributed by atoms with Gasteiger partial charge < -0.3 is 19.3 Å². The Labute approximate surface area is 219 Å². The minimum Gasteiger partial charge on any atom is -0.497 e. The lowest BCUT2D eigenvalue weighted by Gasteiger charge is -2.50. The third-order valence-electron chi connectivity index (χ3n) is 7.06. The lowest BCUT2D eigenvalue weighted by molar-refractivity contribution is -0.170. The highest BCUT2D eigenvalue weighted by Gasteiger charge is 2.69. The van der Waals surface area contributed by atoms with Gasteiger partial charge in [-0.05, 0) is 50.6 Å². The number of nitrogens with one attached hydrogen (secondary N) is 1. The Hall–Kier alpha value is -2.75. The zero-order valence-electron chi connectivity index (χ0n) is 20.4. The number of rotatable bonds is 6. The molecule has 3 aliphatic heterocycles. The number of hydrogen-bond acceptors (Lipinski definition) is 7. The number of benzene rings is 2. The zero-order chi connectivity index (χ0) is 25.8. The Morgan fingerprint density at radius 2 is 1.67 bits per heavy atom. The second-order valence-corrected chi connectivity index (χ2v) is 11.8. The second kappa shape index (κ2) is 8.97. The minimum absolute atomic E-state index is 0.134. The van der Waals surface area contributed by atoms with E-state index < -0.39 is 39.9 Å². The third kappa shape index (κ3) is 3.84. The number of alkyl halides is 1. The molecule has 3 saturated heterocycles. The molecule has 2 aromatic rings. The fraction of sp³-hybridized carbons (Fsp3) is 0.423. The Balaban J connectivity index is 1.39. The molecule has 0 aliphatic carbocycles. The summed E-state index contributed by atoms with van der Waals surface area (Å²) in [6.45, 7) is 5.63. The summed E-state index contributed by atoms with van der Waals surface area (Å²) in [4.78, 5) is 43.7. The number of β-lactam (4-membered cyclic amide) rings is 1. The largest absolute Gasteiger partial charge is 0.497 e. The first kappa shape index (κ1) is 24.9. The van der Waals surface area contributed by atoms with Gasteiger partial charge in [-0.15, -0.1) is 23.4 Å². The summed E-state index contributed by atoms with van der Waals surface area (Å²) in [6.07, 6.45) is 0. The average Bonchev–Trinajstić information content (AvgIpc) is 3.28. The molecule has 1 N–H and O–H groups in total. The molecular formula is C26H28ClN3O5S. The molecule has 2 unspecified atom stereocenters. The van der Waals surface area contributed by atoms with Gasteiger partial charge in [0.15, 0.2) is 0 Å². The summed E-state index contributed by atoms with van der Waals surface area (Å²) in [5, 5.41) is 2.97. The van der Waals surface area contributed by atoms with Gasteiger partial charge in [0.05, 0.1) is 17.5 Å². The van der Waals surface area contributed by atoms with Gasteiger partial charge in [-0.25, -0.2) is 4.79 Å². The number of thioether (sulfide) groups is 1. The van der Waals surface area contributed by atoms with E-state index in [-0.39, 0.29) is 17.7 Å². The van der Waals surface area contributed by atoms with E-state index in [9.17, 15) is 14.4 Å². The molecule has 10 heteroatoms. The van der Waals surface area contributed by atoms with Crippen molar-refractivity contribution in [3.05, 3.63) is 60.2 Å². The fourth-order valence-electron chi connectivity index (χ4n) is 5.28. The molecule has 5 rings (SSSR count). The van der Waals surface area contributed by atoms with E-state index in [2.05, 4.69) is 5.32 Å². The van der Waals surface area contributed by atoms with Crippen LogP contribution in [-0.2, 0) is 14.4 Å². The predicted molar refractivity (Wildman–Crippen MR) is 137 cm³/mol. The summed E-state index contributed by atoms with van der Waals surface area (Å²) in [6, 6.07) is 14.0. The Morgan fingerprint density at radius 3 is 2.28 bits per heavy atom. The molecule has 0 bridgehead atoms. The van der Waals surface area contributed by atoms with Crippen molar-refractivity contribution >= 4 is 41.1 Å². The van der Waals surface area contributed by atoms with Crippen LogP contribution in [0.1, 0.15) is 32.4 Å². The smallest absolute Gasteiger partial charge is 0.335 e. The summed E-state index contributed by atoms with van der Waals surface area (Å²) in [5.74, 6) is 0.114. The number of hydrogen-bond donors (Lipinski definition) is 1. The van der Waals surface area contributed by atoms with Crippen molar-refractivity contribution in [3.63, 3.8) is 0 Å². The molecular weight excluding hydrogens is 502 g/mol. The van der Waals surface area contributed by atoms with E-state index in [0.717, 1.165) is 5.56 Å². The number of halogens is 1. The van der Waals surface area contributed by atoms with Gasteiger partial charge in [0, 0.05) is 5.88 Å². The SMILES string of the molecule is COc1ccc(OC(=O)[C@@H]2N3C(=O)[C@@H](N4C(=O)C(c5ccccc5)NC4(C)C)[C@@H]3SC2(C)CCl)cc1. The van der Waals surface area contributed by atoms with Gasteiger partial charge in [0.25, 0.3) is 0 Å². The van der Waals surface area contributed by atoms with Crippen LogP contribution in [0.2, 0.25) is 0 Å². The van der Waals surface area contributed by atoms with Crippen LogP contribution in [0.25, 0.3) is 0 Å². The number of esters is 1. The van der Waals surface area contributed by atoms with E-state index in [1.807, 2.05) is 51.1 Å². The van der Waals surface area contributed by atoms with Crippen LogP contribution >= 0.6 is 23.4 Å². The third-order valence-corrected chi connectivity index (χ3v) is 9.41. The van der Waals surface area contributed by atoms with Crippen molar-refractivity contribution in [1.82, 2.24) is 15.1 Å². The maximum Gasteiger partial charge on any atom is 0.335 e. The first-order chi connectivity index (χ1) is 17.1. The molecule has 8 nitrogen and oxygen atoms in total. The highest BCUT2D eigenvalue weighted by atomic mass is 35.5. The van der Waals surface area contributed by atoms with Crippen molar-refractivity contribution in [1.29, 1.82) is 0 Å². The zero-order valence-corrected chi connectivity index (χ0v) is 22.0. The topological polar surface area (TPSA) is 88.2 Å². The van der Waals surface area contributed by atoms with E-state index in [4.69, 9.17) is 21.1 Å². The minimum atomic E-state index is -0.880. The van der Waals surface area contributed by atoms with Gasteiger partial charge in [-0.3, -0.25) is 14.9 Å². The van der Waals surface area contributed by atoms with E-state index in [0.29, 0.717) is 11.5 Å². The van der Waals surface area contributed by atoms with E-state index >= 15 is 0 Å². The monoisotopic (exact) mass is 529 g/mol. The summed E-state index contributed by atoms with van der Waals surface area (Å²) in [7, 11) is 1.55. The standard InChI is InChI=1S/C26H28ClN3O5S/c1-25(2)28-18(15-8-6-5-7-9-15)21(31)30(25)19-22(32)29-20(26(3,14-27)36-23(19)29)24(33)35-17-12-10-16(34-4)11-13-17/h5-13,18-20,23,28H,14H2,1-4H3/t18?,19-,20+,23+,26?/m1/s1. The van der Waals surface area contributed by atoms with E-state index in [1.54, 1.807) is 36.3 Å². The Morgan fingerprint density at radius 1 is 1.03 bits per heavy atom. The van der Waals surface area contributed by atoms with Crippen LogP contribution in [0.5, 0.6) is 11.5 Å². The number of carbonyl (C=O) groups is 3. The number of carbonyl (C=O) groups excluding carboxylic acids is 3. The molecule has 5 atom stereocenters. The van der Waals surface area contributed by atoms with Crippen molar-refractivity contribution in [2.75, 3.05) is 13.0 Å². The fourth-order valence-corrected chi connectivity index (χ4v) is 7.27. The van der Waals surface area contributed by atoms with Crippen molar-refractivity contribution in [2.45, 2.75) is 54.7 Å². The van der Waals surface area contributed by atoms with Crippen molar-refractivity contribution in [3.8, 4) is 11.5 Å². The lowest BCUT2D eigenvalue weighted by atomic mass is 9.94. The molecule has 0 saturated carbocycles. The Kier molecular flexibility index (Phi) is 6.21. The van der Waals surface area contributed by atoms with Gasteiger partial charge >= 0.3 is 5.97 Å². The number of nitrogens with zero attached hydrogens (tertiary/aromatic N) is 2. The van der Waals surface area contributed by atoms with Gasteiger partial charge in [-0.1, -0.05) is 30.3 Å². The maximum atomic E-state index is 13.6. The van der Waals surface area contributed by atoms with Crippen LogP contribution in [0.3, 0.4) is 0 Å². The van der Waals surface area contributed by atoms with E-state index in [1.165, 1.54) is 16.7 Å². The van der Waals surface area contributed by atoms with Crippen molar-refractivity contribution < 1.29 is 23.9 Å². The molecule has 3 aliphatic rings. The maximum absolute atomic E-state index is 13.6.